The number of β-lactam (4-membered cyclic amide) rings is 1. The van der Waals surface area contributed by atoms with Crippen LogP contribution in [0.5, 0.6) is 0 Å². The maximum atomic E-state index is 12.8. The number of thioether (sulfide) groups is 2. The van der Waals surface area contributed by atoms with Gasteiger partial charge in [-0.15, -0.1) is 11.8 Å². The summed E-state index contributed by atoms with van der Waals surface area (Å²) in [7, 11) is 0. The predicted molar refractivity (Wildman–Crippen MR) is 128 cm³/mol. The summed E-state index contributed by atoms with van der Waals surface area (Å²) < 4.78 is 0. The first-order valence-corrected chi connectivity index (χ1v) is 13.3. The second-order valence-electron chi connectivity index (χ2n) is 8.98. The average Bonchev–Trinajstić information content (AvgIpc) is 3.29. The van der Waals surface area contributed by atoms with E-state index in [1.165, 1.54) is 28.4 Å². The third-order valence-electron chi connectivity index (χ3n) is 6.62. The molecular formula is C21H32N4O7S2. The van der Waals surface area contributed by atoms with Gasteiger partial charge in [0.15, 0.2) is 0 Å². The van der Waals surface area contributed by atoms with Gasteiger partial charge in [0.25, 0.3) is 0 Å². The summed E-state index contributed by atoms with van der Waals surface area (Å²) in [5, 5.41) is 34.7. The van der Waals surface area contributed by atoms with Crippen LogP contribution in [0.1, 0.15) is 26.7 Å². The molecule has 2 fully saturated rings. The molecule has 0 spiro atoms. The van der Waals surface area contributed by atoms with Gasteiger partial charge < -0.3 is 36.6 Å². The molecule has 2 unspecified atom stereocenters. The quantitative estimate of drug-likeness (QED) is 0.180. The number of nitrogens with one attached hydrogen (secondary N) is 2. The number of carboxylic acids is 1. The lowest BCUT2D eigenvalue weighted by atomic mass is 9.79. The second kappa shape index (κ2) is 10.9. The number of carbonyl (C=O) groups is 4. The molecule has 3 heterocycles. The summed E-state index contributed by atoms with van der Waals surface area (Å²) in [5.41, 5.74) is 5.16. The molecule has 3 aliphatic heterocycles. The topological polar surface area (TPSA) is 182 Å². The molecule has 11 nitrogen and oxygen atoms in total. The van der Waals surface area contributed by atoms with Gasteiger partial charge in [-0.05, 0) is 19.6 Å². The first-order chi connectivity index (χ1) is 16.0. The second-order valence-corrected chi connectivity index (χ2v) is 11.3. The molecular weight excluding hydrogens is 484 g/mol. The number of primary amides is 1. The molecule has 0 aromatic carbocycles. The minimum absolute atomic E-state index is 0.00995. The molecule has 13 heteroatoms. The third kappa shape index (κ3) is 5.08. The van der Waals surface area contributed by atoms with Crippen molar-refractivity contribution in [1.29, 1.82) is 0 Å². The van der Waals surface area contributed by atoms with Crippen LogP contribution in [0.25, 0.3) is 0 Å². The molecule has 0 saturated carbocycles. The fourth-order valence-corrected chi connectivity index (χ4v) is 7.36. The number of rotatable bonds is 11. The lowest BCUT2D eigenvalue weighted by Gasteiger charge is -2.46. The number of hydrogen-bond acceptors (Lipinski definition) is 9. The van der Waals surface area contributed by atoms with Gasteiger partial charge in [-0.25, -0.2) is 4.79 Å². The summed E-state index contributed by atoms with van der Waals surface area (Å²) in [4.78, 5) is 50.4. The minimum atomic E-state index is -1.16. The Kier molecular flexibility index (Phi) is 8.56. The Balaban J connectivity index is 1.68. The van der Waals surface area contributed by atoms with Crippen LogP contribution in [-0.4, -0.2) is 98.0 Å². The van der Waals surface area contributed by atoms with E-state index in [1.54, 1.807) is 13.2 Å². The SMILES string of the molecule is CSC(C(=O)NC(CO)CC(N)=O)[C@@H]1C[C@H](SC2=C(C(=O)O)N3C(=O)[C@H]([C@@H](C)O)[C@H]3[C@H]2C)CN1. The number of aliphatic hydroxyl groups excluding tert-OH is 2. The average molecular weight is 517 g/mol. The van der Waals surface area contributed by atoms with Gasteiger partial charge in [0, 0.05) is 35.1 Å². The highest BCUT2D eigenvalue weighted by Gasteiger charge is 2.60. The van der Waals surface area contributed by atoms with Crippen LogP contribution in [0.2, 0.25) is 0 Å². The van der Waals surface area contributed by atoms with Crippen LogP contribution in [0, 0.1) is 11.8 Å². The van der Waals surface area contributed by atoms with Gasteiger partial charge in [-0.2, -0.15) is 11.8 Å². The Morgan fingerprint density at radius 1 is 1.35 bits per heavy atom. The van der Waals surface area contributed by atoms with Gasteiger partial charge in [-0.1, -0.05) is 6.92 Å². The fourth-order valence-electron chi connectivity index (χ4n) is 5.05. The lowest BCUT2D eigenvalue weighted by molar-refractivity contribution is -0.163. The van der Waals surface area contributed by atoms with Crippen molar-refractivity contribution in [1.82, 2.24) is 15.5 Å². The smallest absolute Gasteiger partial charge is 0.353 e. The first kappa shape index (κ1) is 26.8. The van der Waals surface area contributed by atoms with Gasteiger partial charge in [0.1, 0.15) is 5.70 Å². The number of hydrogen-bond donors (Lipinski definition) is 6. The molecule has 34 heavy (non-hydrogen) atoms. The van der Waals surface area contributed by atoms with E-state index >= 15 is 0 Å². The number of amides is 3. The molecule has 3 aliphatic rings. The Hall–Kier alpha value is -1.80. The third-order valence-corrected chi connectivity index (χ3v) is 9.18. The molecule has 0 bridgehead atoms. The monoisotopic (exact) mass is 516 g/mol. The van der Waals surface area contributed by atoms with Crippen molar-refractivity contribution in [3.63, 3.8) is 0 Å². The fraction of sp³-hybridized carbons (Fsp3) is 0.714. The predicted octanol–water partition coefficient (Wildman–Crippen LogP) is -1.31. The molecule has 3 amide bonds. The van der Waals surface area contributed by atoms with Gasteiger partial charge in [0.05, 0.1) is 36.0 Å². The number of fused-ring (bicyclic) bond motifs is 1. The van der Waals surface area contributed by atoms with E-state index in [2.05, 4.69) is 10.6 Å². The number of nitrogens with two attached hydrogens (primary N) is 1. The van der Waals surface area contributed by atoms with E-state index < -0.39 is 41.8 Å². The summed E-state index contributed by atoms with van der Waals surface area (Å²) in [6.45, 7) is 3.57. The summed E-state index contributed by atoms with van der Waals surface area (Å²) in [6.07, 6.45) is 1.37. The Bertz CT molecular complexity index is 883. The van der Waals surface area contributed by atoms with Crippen LogP contribution in [-0.2, 0) is 19.2 Å². The van der Waals surface area contributed by atoms with E-state index in [1.807, 2.05) is 6.92 Å². The van der Waals surface area contributed by atoms with Crippen molar-refractivity contribution in [3.8, 4) is 0 Å². The number of carbonyl (C=O) groups excluding carboxylic acids is 3. The highest BCUT2D eigenvalue weighted by atomic mass is 32.2. The molecule has 0 radical (unpaired) electrons. The first-order valence-electron chi connectivity index (χ1n) is 11.1. The normalized spacial score (nSPS) is 31.0. The molecule has 0 aromatic rings. The van der Waals surface area contributed by atoms with Crippen LogP contribution < -0.4 is 16.4 Å². The van der Waals surface area contributed by atoms with Crippen molar-refractivity contribution < 1.29 is 34.5 Å². The zero-order valence-electron chi connectivity index (χ0n) is 19.3. The standard InChI is InChI=1S/C21H32N4O7S2/c1-8-15-14(9(2)27)20(30)25(15)16(21(31)32)17(8)34-11-5-12(23-6-11)18(33-3)19(29)24-10(7-26)4-13(22)28/h8-12,14-15,18,23,26-27H,4-7H2,1-3H3,(H2,22,28)(H,24,29)(H,31,32)/t8-,9-,10?,11+,12+,14-,15-,18?/m1/s1. The Morgan fingerprint density at radius 2 is 2.03 bits per heavy atom. The van der Waals surface area contributed by atoms with Crippen molar-refractivity contribution in [2.75, 3.05) is 19.4 Å². The van der Waals surface area contributed by atoms with Crippen LogP contribution in [0.15, 0.2) is 10.6 Å². The van der Waals surface area contributed by atoms with E-state index in [9.17, 15) is 34.5 Å². The Labute approximate surface area is 206 Å². The molecule has 0 aliphatic carbocycles. The maximum Gasteiger partial charge on any atom is 0.353 e. The zero-order valence-corrected chi connectivity index (χ0v) is 20.9. The van der Waals surface area contributed by atoms with E-state index in [0.29, 0.717) is 17.9 Å². The van der Waals surface area contributed by atoms with Crippen LogP contribution in [0.3, 0.4) is 0 Å². The molecule has 8 atom stereocenters. The van der Waals surface area contributed by atoms with Crippen LogP contribution in [0.4, 0.5) is 0 Å². The summed E-state index contributed by atoms with van der Waals surface area (Å²) in [6, 6.07) is -1.32. The largest absolute Gasteiger partial charge is 0.477 e. The van der Waals surface area contributed by atoms with E-state index in [-0.39, 0.29) is 47.2 Å². The number of nitrogens with zero attached hydrogens (tertiary/aromatic N) is 1. The molecule has 2 saturated heterocycles. The van der Waals surface area contributed by atoms with Crippen molar-refractivity contribution in [2.45, 2.75) is 61.4 Å². The molecule has 190 valence electrons. The minimum Gasteiger partial charge on any atom is -0.477 e. The van der Waals surface area contributed by atoms with Crippen LogP contribution >= 0.6 is 23.5 Å². The summed E-state index contributed by atoms with van der Waals surface area (Å²) >= 11 is 2.76. The maximum absolute atomic E-state index is 12.8. The molecule has 7 N–H and O–H groups in total. The van der Waals surface area contributed by atoms with Gasteiger partial charge >= 0.3 is 5.97 Å². The van der Waals surface area contributed by atoms with Gasteiger partial charge in [-0.3, -0.25) is 14.4 Å². The van der Waals surface area contributed by atoms with Crippen molar-refractivity contribution in [3.05, 3.63) is 10.6 Å². The number of carboxylic acid groups (broad SMARTS) is 1. The van der Waals surface area contributed by atoms with E-state index in [4.69, 9.17) is 5.73 Å². The van der Waals surface area contributed by atoms with Gasteiger partial charge in [0.2, 0.25) is 17.7 Å². The zero-order chi connectivity index (χ0) is 25.3. The highest BCUT2D eigenvalue weighted by Crippen LogP contribution is 2.52. The Morgan fingerprint density at radius 3 is 2.56 bits per heavy atom. The summed E-state index contributed by atoms with van der Waals surface area (Å²) in [5.74, 6) is -3.29. The lowest BCUT2D eigenvalue weighted by Crippen LogP contribution is -2.63. The molecule has 3 rings (SSSR count). The number of aliphatic carboxylic acids is 1. The highest BCUT2D eigenvalue weighted by molar-refractivity contribution is 8.03. The van der Waals surface area contributed by atoms with Crippen molar-refractivity contribution in [2.24, 2.45) is 17.6 Å². The number of aliphatic hydroxyl groups is 2. The molecule has 0 aromatic heterocycles. The van der Waals surface area contributed by atoms with E-state index in [0.717, 1.165) is 0 Å². The van der Waals surface area contributed by atoms with Crippen molar-refractivity contribution >= 4 is 47.2 Å².